The molecule has 0 unspecified atom stereocenters. The zero-order valence-corrected chi connectivity index (χ0v) is 10.7. The molecule has 1 aliphatic rings. The molecule has 4 nitrogen and oxygen atoms in total. The molecule has 0 amide bonds. The smallest absolute Gasteiger partial charge is 0.232 e. The van der Waals surface area contributed by atoms with Crippen LogP contribution in [-0.4, -0.2) is 34.8 Å². The third kappa shape index (κ3) is 1.97. The lowest BCUT2D eigenvalue weighted by molar-refractivity contribution is 0.595. The zero-order valence-electron chi connectivity index (χ0n) is 9.14. The van der Waals surface area contributed by atoms with E-state index in [1.165, 1.54) is 10.6 Å². The number of anilines is 2. The van der Waals surface area contributed by atoms with Crippen molar-refractivity contribution in [2.24, 2.45) is 0 Å². The van der Waals surface area contributed by atoms with E-state index in [0.29, 0.717) is 23.8 Å². The molecule has 0 saturated carbocycles. The van der Waals surface area contributed by atoms with Crippen LogP contribution in [0.1, 0.15) is 0 Å². The van der Waals surface area contributed by atoms with E-state index in [2.05, 4.69) is 0 Å². The molecule has 0 aliphatic carbocycles. The van der Waals surface area contributed by atoms with Gasteiger partial charge in [0.2, 0.25) is 10.0 Å². The van der Waals surface area contributed by atoms with Crippen LogP contribution in [0.25, 0.3) is 0 Å². The number of halogens is 1. The number of sulfonamides is 1. The minimum atomic E-state index is -3.21. The maximum atomic E-state index is 11.6. The Kier molecular flexibility index (Phi) is 2.75. The molecule has 0 bridgehead atoms. The van der Waals surface area contributed by atoms with Crippen LogP contribution in [-0.2, 0) is 10.0 Å². The fourth-order valence-electron chi connectivity index (χ4n) is 1.84. The van der Waals surface area contributed by atoms with Crippen molar-refractivity contribution < 1.29 is 8.42 Å². The van der Waals surface area contributed by atoms with Crippen molar-refractivity contribution in [2.45, 2.75) is 0 Å². The molecular weight excluding hydrogens is 248 g/mol. The van der Waals surface area contributed by atoms with Crippen molar-refractivity contribution in [3.8, 4) is 0 Å². The van der Waals surface area contributed by atoms with Crippen molar-refractivity contribution in [3.05, 3.63) is 23.2 Å². The van der Waals surface area contributed by atoms with Crippen LogP contribution in [0.15, 0.2) is 18.2 Å². The van der Waals surface area contributed by atoms with Gasteiger partial charge in [-0.3, -0.25) is 4.31 Å². The summed E-state index contributed by atoms with van der Waals surface area (Å²) in [5, 5.41) is 0.612. The monoisotopic (exact) mass is 260 g/mol. The van der Waals surface area contributed by atoms with E-state index in [9.17, 15) is 8.42 Å². The second-order valence-electron chi connectivity index (χ2n) is 3.89. The van der Waals surface area contributed by atoms with E-state index < -0.39 is 10.0 Å². The minimum absolute atomic E-state index is 0.476. The van der Waals surface area contributed by atoms with Gasteiger partial charge in [-0.1, -0.05) is 11.6 Å². The molecule has 6 heteroatoms. The predicted molar refractivity (Wildman–Crippen MR) is 66.9 cm³/mol. The number of rotatable bonds is 1. The summed E-state index contributed by atoms with van der Waals surface area (Å²) in [7, 11) is -1.29. The van der Waals surface area contributed by atoms with Crippen molar-refractivity contribution in [1.29, 1.82) is 0 Å². The highest BCUT2D eigenvalue weighted by atomic mass is 35.5. The summed E-state index contributed by atoms with van der Waals surface area (Å²) in [4.78, 5) is 2.00. The summed E-state index contributed by atoms with van der Waals surface area (Å²) in [6, 6.07) is 5.24. The van der Waals surface area contributed by atoms with Gasteiger partial charge in [0.25, 0.3) is 0 Å². The molecule has 2 rings (SSSR count). The number of likely N-dealkylation sites (N-methyl/N-ethyl adjacent to an activating group) is 1. The van der Waals surface area contributed by atoms with Crippen LogP contribution >= 0.6 is 11.6 Å². The van der Waals surface area contributed by atoms with Crippen molar-refractivity contribution in [3.63, 3.8) is 0 Å². The third-order valence-electron chi connectivity index (χ3n) is 2.66. The van der Waals surface area contributed by atoms with E-state index >= 15 is 0 Å². The van der Waals surface area contributed by atoms with Gasteiger partial charge >= 0.3 is 0 Å². The Morgan fingerprint density at radius 1 is 1.25 bits per heavy atom. The quantitative estimate of drug-likeness (QED) is 0.769. The highest BCUT2D eigenvalue weighted by Crippen LogP contribution is 2.35. The molecule has 0 saturated heterocycles. The first-order chi connectivity index (χ1) is 7.39. The second kappa shape index (κ2) is 3.82. The van der Waals surface area contributed by atoms with Crippen molar-refractivity contribution in [2.75, 3.05) is 35.6 Å². The molecule has 88 valence electrons. The summed E-state index contributed by atoms with van der Waals surface area (Å²) in [6.45, 7) is 1.14. The Hall–Kier alpha value is -0.940. The SMILES string of the molecule is CN1CCN(S(C)(=O)=O)c2ccc(Cl)cc21. The van der Waals surface area contributed by atoms with Crippen LogP contribution < -0.4 is 9.21 Å². The molecule has 0 fully saturated rings. The van der Waals surface area contributed by atoms with Crippen LogP contribution in [0.4, 0.5) is 11.4 Å². The van der Waals surface area contributed by atoms with Gasteiger partial charge in [0.15, 0.2) is 0 Å². The summed E-state index contributed by atoms with van der Waals surface area (Å²) < 4.78 is 24.6. The fraction of sp³-hybridized carbons (Fsp3) is 0.400. The van der Waals surface area contributed by atoms with Crippen LogP contribution in [0.3, 0.4) is 0 Å². The van der Waals surface area contributed by atoms with E-state index in [-0.39, 0.29) is 0 Å². The van der Waals surface area contributed by atoms with Gasteiger partial charge in [-0.15, -0.1) is 0 Å². The Morgan fingerprint density at radius 3 is 2.56 bits per heavy atom. The van der Waals surface area contributed by atoms with Crippen LogP contribution in [0, 0.1) is 0 Å². The van der Waals surface area contributed by atoms with Gasteiger partial charge < -0.3 is 4.90 Å². The largest absolute Gasteiger partial charge is 0.371 e. The maximum Gasteiger partial charge on any atom is 0.232 e. The lowest BCUT2D eigenvalue weighted by Crippen LogP contribution is -2.42. The molecule has 0 radical (unpaired) electrons. The summed E-state index contributed by atoms with van der Waals surface area (Å²) in [5.41, 5.74) is 1.55. The van der Waals surface area contributed by atoms with Crippen molar-refractivity contribution in [1.82, 2.24) is 0 Å². The number of hydrogen-bond donors (Lipinski definition) is 0. The zero-order chi connectivity index (χ0) is 11.9. The Morgan fingerprint density at radius 2 is 1.94 bits per heavy atom. The highest BCUT2D eigenvalue weighted by Gasteiger charge is 2.26. The molecule has 0 atom stereocenters. The highest BCUT2D eigenvalue weighted by molar-refractivity contribution is 7.92. The summed E-state index contributed by atoms with van der Waals surface area (Å²) >= 11 is 5.91. The number of benzene rings is 1. The lowest BCUT2D eigenvalue weighted by Gasteiger charge is -2.35. The normalized spacial score (nSPS) is 16.2. The van der Waals surface area contributed by atoms with Gasteiger partial charge in [-0.2, -0.15) is 0 Å². The molecule has 1 aliphatic heterocycles. The Labute approximate surface area is 100 Å². The molecule has 1 aromatic carbocycles. The first-order valence-electron chi connectivity index (χ1n) is 4.88. The maximum absolute atomic E-state index is 11.6. The Bertz CT molecular complexity index is 516. The summed E-state index contributed by atoms with van der Waals surface area (Å²) in [5.74, 6) is 0. The van der Waals surface area contributed by atoms with Crippen LogP contribution in [0.2, 0.25) is 5.02 Å². The van der Waals surface area contributed by atoms with Gasteiger partial charge in [0.05, 0.1) is 24.2 Å². The lowest BCUT2D eigenvalue weighted by atomic mass is 10.2. The molecular formula is C10H13ClN2O2S. The molecule has 0 N–H and O–H groups in total. The van der Waals surface area contributed by atoms with Gasteiger partial charge in [0, 0.05) is 18.6 Å². The fourth-order valence-corrected chi connectivity index (χ4v) is 2.93. The van der Waals surface area contributed by atoms with E-state index in [4.69, 9.17) is 11.6 Å². The van der Waals surface area contributed by atoms with E-state index in [1.807, 2.05) is 11.9 Å². The number of fused-ring (bicyclic) bond motifs is 1. The standard InChI is InChI=1S/C10H13ClN2O2S/c1-12-5-6-13(16(2,14)15)9-4-3-8(11)7-10(9)12/h3-4,7H,5-6H2,1-2H3. The molecule has 0 spiro atoms. The molecule has 1 heterocycles. The average Bonchev–Trinajstić information content (AvgIpc) is 2.17. The molecule has 16 heavy (non-hydrogen) atoms. The third-order valence-corrected chi connectivity index (χ3v) is 4.07. The van der Waals surface area contributed by atoms with Crippen LogP contribution in [0.5, 0.6) is 0 Å². The van der Waals surface area contributed by atoms with E-state index in [1.54, 1.807) is 18.2 Å². The number of hydrogen-bond acceptors (Lipinski definition) is 3. The first kappa shape index (κ1) is 11.5. The van der Waals surface area contributed by atoms with E-state index in [0.717, 1.165) is 5.69 Å². The predicted octanol–water partition coefficient (Wildman–Crippen LogP) is 1.56. The summed E-state index contributed by atoms with van der Waals surface area (Å²) in [6.07, 6.45) is 1.22. The van der Waals surface area contributed by atoms with Gasteiger partial charge in [-0.05, 0) is 18.2 Å². The van der Waals surface area contributed by atoms with Gasteiger partial charge in [0.1, 0.15) is 0 Å². The molecule has 1 aromatic rings. The second-order valence-corrected chi connectivity index (χ2v) is 6.23. The Balaban J connectivity index is 2.57. The topological polar surface area (TPSA) is 40.6 Å². The minimum Gasteiger partial charge on any atom is -0.371 e. The van der Waals surface area contributed by atoms with Gasteiger partial charge in [-0.25, -0.2) is 8.42 Å². The average molecular weight is 261 g/mol. The first-order valence-corrected chi connectivity index (χ1v) is 7.10. The molecule has 0 aromatic heterocycles. The number of nitrogens with zero attached hydrogens (tertiary/aromatic N) is 2. The van der Waals surface area contributed by atoms with Crippen molar-refractivity contribution >= 4 is 33.0 Å².